The highest BCUT2D eigenvalue weighted by Crippen LogP contribution is 2.30. The molecule has 0 aliphatic carbocycles. The van der Waals surface area contributed by atoms with Crippen molar-refractivity contribution in [1.82, 2.24) is 10.6 Å². The number of nitrogens with one attached hydrogen (secondary N) is 2. The van der Waals surface area contributed by atoms with Gasteiger partial charge in [-0.05, 0) is 44.4 Å². The molecule has 0 heterocycles. The average molecular weight is 457 g/mol. The Labute approximate surface area is 166 Å². The zero-order valence-corrected chi connectivity index (χ0v) is 18.5. The van der Waals surface area contributed by atoms with E-state index in [0.717, 1.165) is 70.9 Å². The number of hydrogen-bond donors (Lipinski definition) is 3. The van der Waals surface area contributed by atoms with Crippen LogP contribution in [-0.4, -0.2) is 50.5 Å². The Hall–Kier alpha value is -0.0800. The molecule has 0 amide bonds. The Kier molecular flexibility index (Phi) is 19.3. The number of ether oxygens (including phenoxy) is 1. The van der Waals surface area contributed by atoms with Crippen molar-refractivity contribution in [3.63, 3.8) is 0 Å². The molecule has 0 unspecified atom stereocenters. The maximum Gasteiger partial charge on any atom is 0.191 e. The molecule has 0 fully saturated rings. The number of rotatable bonds is 14. The predicted molar refractivity (Wildman–Crippen MR) is 114 cm³/mol. The van der Waals surface area contributed by atoms with Crippen LogP contribution in [0.4, 0.5) is 0 Å². The van der Waals surface area contributed by atoms with Gasteiger partial charge in [-0.15, -0.1) is 24.0 Å². The second kappa shape index (κ2) is 17.7. The summed E-state index contributed by atoms with van der Waals surface area (Å²) in [5.41, 5.74) is 0.111. The van der Waals surface area contributed by atoms with E-state index in [9.17, 15) is 5.11 Å². The molecule has 0 radical (unpaired) electrons. The summed E-state index contributed by atoms with van der Waals surface area (Å²) >= 11 is 0. The first-order chi connectivity index (χ1) is 11.2. The summed E-state index contributed by atoms with van der Waals surface area (Å²) in [5.74, 6) is 0.866. The largest absolute Gasteiger partial charge is 0.396 e. The maximum absolute atomic E-state index is 9.30. The van der Waals surface area contributed by atoms with Crippen LogP contribution in [0.1, 0.15) is 66.2 Å². The van der Waals surface area contributed by atoms with Gasteiger partial charge in [0.05, 0.1) is 0 Å². The van der Waals surface area contributed by atoms with Crippen molar-refractivity contribution < 1.29 is 9.84 Å². The van der Waals surface area contributed by atoms with Crippen molar-refractivity contribution >= 4 is 29.9 Å². The molecule has 0 atom stereocenters. The predicted octanol–water partition coefficient (Wildman–Crippen LogP) is 3.56. The van der Waals surface area contributed by atoms with Gasteiger partial charge in [0, 0.05) is 39.5 Å². The van der Waals surface area contributed by atoms with E-state index in [1.54, 1.807) is 0 Å². The Balaban J connectivity index is 0. The lowest BCUT2D eigenvalue weighted by molar-refractivity contribution is 0.129. The molecule has 0 saturated heterocycles. The van der Waals surface area contributed by atoms with Gasteiger partial charge >= 0.3 is 0 Å². The molecule has 5 nitrogen and oxygen atoms in total. The highest BCUT2D eigenvalue weighted by atomic mass is 127. The highest BCUT2D eigenvalue weighted by molar-refractivity contribution is 14.0. The van der Waals surface area contributed by atoms with Gasteiger partial charge < -0.3 is 20.5 Å². The topological polar surface area (TPSA) is 65.9 Å². The fourth-order valence-electron chi connectivity index (χ4n) is 2.46. The maximum atomic E-state index is 9.30. The second-order valence-corrected chi connectivity index (χ2v) is 6.12. The molecule has 0 aromatic heterocycles. The lowest BCUT2D eigenvalue weighted by Gasteiger charge is -2.29. The standard InChI is InChI=1S/C18H39N3O2.HI/c1-5-9-14-23-15-10-12-20-17(19-8-4)21-16-18(6-2,7-3)11-13-22;/h22H,5-16H2,1-4H3,(H2,19,20,21);1H. The summed E-state index contributed by atoms with van der Waals surface area (Å²) in [6.07, 6.45) is 6.19. The molecular formula is C18H40IN3O2. The molecule has 3 N–H and O–H groups in total. The van der Waals surface area contributed by atoms with E-state index in [1.165, 1.54) is 6.42 Å². The van der Waals surface area contributed by atoms with E-state index in [0.29, 0.717) is 0 Å². The third-order valence-corrected chi connectivity index (χ3v) is 4.46. The number of aliphatic imine (C=N–C) groups is 1. The molecule has 0 spiro atoms. The zero-order valence-electron chi connectivity index (χ0n) is 16.2. The van der Waals surface area contributed by atoms with Gasteiger partial charge in [-0.2, -0.15) is 0 Å². The van der Waals surface area contributed by atoms with Gasteiger partial charge in [0.15, 0.2) is 5.96 Å². The van der Waals surface area contributed by atoms with Crippen LogP contribution in [0.5, 0.6) is 0 Å². The summed E-state index contributed by atoms with van der Waals surface area (Å²) in [6, 6.07) is 0. The van der Waals surface area contributed by atoms with E-state index in [2.05, 4.69) is 38.3 Å². The molecule has 0 aromatic carbocycles. The minimum absolute atomic E-state index is 0. The van der Waals surface area contributed by atoms with Crippen molar-refractivity contribution in [1.29, 1.82) is 0 Å². The summed E-state index contributed by atoms with van der Waals surface area (Å²) in [4.78, 5) is 4.74. The molecule has 146 valence electrons. The minimum atomic E-state index is 0. The number of guanidine groups is 1. The number of nitrogens with zero attached hydrogens (tertiary/aromatic N) is 1. The van der Waals surface area contributed by atoms with Crippen LogP contribution in [0.25, 0.3) is 0 Å². The van der Waals surface area contributed by atoms with Crippen molar-refractivity contribution in [3.05, 3.63) is 0 Å². The normalized spacial score (nSPS) is 12.0. The van der Waals surface area contributed by atoms with Crippen LogP contribution in [-0.2, 0) is 4.74 Å². The first-order valence-corrected chi connectivity index (χ1v) is 9.38. The number of hydrogen-bond acceptors (Lipinski definition) is 3. The van der Waals surface area contributed by atoms with Crippen LogP contribution in [0.3, 0.4) is 0 Å². The van der Waals surface area contributed by atoms with Crippen molar-refractivity contribution in [2.45, 2.75) is 66.2 Å². The first kappa shape index (κ1) is 26.2. The molecule has 0 aliphatic rings. The minimum Gasteiger partial charge on any atom is -0.396 e. The van der Waals surface area contributed by atoms with Crippen LogP contribution in [0.15, 0.2) is 4.99 Å². The molecule has 24 heavy (non-hydrogen) atoms. The molecule has 0 aromatic rings. The summed E-state index contributed by atoms with van der Waals surface area (Å²) in [6.45, 7) is 13.0. The molecule has 6 heteroatoms. The zero-order chi connectivity index (χ0) is 17.4. The Morgan fingerprint density at radius 1 is 1.04 bits per heavy atom. The summed E-state index contributed by atoms with van der Waals surface area (Å²) in [5, 5.41) is 16.0. The Bertz CT molecular complexity index is 298. The summed E-state index contributed by atoms with van der Waals surface area (Å²) in [7, 11) is 0. The number of halogens is 1. The number of aliphatic hydroxyl groups is 1. The van der Waals surface area contributed by atoms with E-state index in [1.807, 2.05) is 0 Å². The first-order valence-electron chi connectivity index (χ1n) is 9.38. The van der Waals surface area contributed by atoms with Crippen LogP contribution in [0, 0.1) is 5.41 Å². The Morgan fingerprint density at radius 2 is 1.71 bits per heavy atom. The van der Waals surface area contributed by atoms with Crippen molar-refractivity contribution in [3.8, 4) is 0 Å². The lowest BCUT2D eigenvalue weighted by atomic mass is 9.79. The average Bonchev–Trinajstić information content (AvgIpc) is 2.57. The van der Waals surface area contributed by atoms with Gasteiger partial charge in [-0.1, -0.05) is 27.2 Å². The Morgan fingerprint density at radius 3 is 2.25 bits per heavy atom. The van der Waals surface area contributed by atoms with Gasteiger partial charge in [-0.25, -0.2) is 0 Å². The van der Waals surface area contributed by atoms with E-state index in [-0.39, 0.29) is 36.0 Å². The van der Waals surface area contributed by atoms with Gasteiger partial charge in [-0.3, -0.25) is 4.99 Å². The third-order valence-electron chi connectivity index (χ3n) is 4.46. The third kappa shape index (κ3) is 12.3. The quantitative estimate of drug-likeness (QED) is 0.162. The highest BCUT2D eigenvalue weighted by Gasteiger charge is 2.25. The van der Waals surface area contributed by atoms with E-state index < -0.39 is 0 Å². The second-order valence-electron chi connectivity index (χ2n) is 6.12. The molecule has 0 rings (SSSR count). The molecule has 0 bridgehead atoms. The van der Waals surface area contributed by atoms with Crippen LogP contribution < -0.4 is 10.6 Å². The number of unbranched alkanes of at least 4 members (excludes halogenated alkanes) is 1. The van der Waals surface area contributed by atoms with Crippen molar-refractivity contribution in [2.24, 2.45) is 10.4 Å². The van der Waals surface area contributed by atoms with E-state index >= 15 is 0 Å². The van der Waals surface area contributed by atoms with Gasteiger partial charge in [0.2, 0.25) is 0 Å². The summed E-state index contributed by atoms with van der Waals surface area (Å²) < 4.78 is 5.57. The molecule has 0 aliphatic heterocycles. The van der Waals surface area contributed by atoms with Crippen LogP contribution >= 0.6 is 24.0 Å². The monoisotopic (exact) mass is 457 g/mol. The van der Waals surface area contributed by atoms with Gasteiger partial charge in [0.25, 0.3) is 0 Å². The van der Waals surface area contributed by atoms with Crippen LogP contribution in [0.2, 0.25) is 0 Å². The molecular weight excluding hydrogens is 417 g/mol. The van der Waals surface area contributed by atoms with E-state index in [4.69, 9.17) is 9.73 Å². The SMILES string of the molecule is CCCCOCCCNC(=NCC(CC)(CC)CCO)NCC.I. The van der Waals surface area contributed by atoms with Gasteiger partial charge in [0.1, 0.15) is 0 Å². The smallest absolute Gasteiger partial charge is 0.191 e. The fourth-order valence-corrected chi connectivity index (χ4v) is 2.46. The fraction of sp³-hybridized carbons (Fsp3) is 0.944. The lowest BCUT2D eigenvalue weighted by Crippen LogP contribution is -2.39. The van der Waals surface area contributed by atoms with Crippen molar-refractivity contribution in [2.75, 3.05) is 39.5 Å². The molecule has 0 saturated carbocycles. The number of aliphatic hydroxyl groups excluding tert-OH is 1.